The van der Waals surface area contributed by atoms with Crippen LogP contribution in [0.25, 0.3) is 0 Å². The molecular formula is C23H26F2N4O4S2. The van der Waals surface area contributed by atoms with E-state index in [0.717, 1.165) is 22.6 Å². The summed E-state index contributed by atoms with van der Waals surface area (Å²) in [5.74, 6) is -1.94. The highest BCUT2D eigenvalue weighted by Crippen LogP contribution is 2.34. The van der Waals surface area contributed by atoms with Gasteiger partial charge in [-0.05, 0) is 44.9 Å². The maximum atomic E-state index is 14.0. The number of hydrogen-bond acceptors (Lipinski definition) is 8. The number of carbonyl (C=O) groups is 2. The standard InChI is InChI=1S/C23H26F2N4O4S2/c1-6-15-13(4)35-21(19(15)22(31)32-5)26-18(30)11-34-23-28-27-20(29(23)7-2)12(3)33-17-9-8-14(24)10-16(17)25/h8-10,12H,6-7,11H2,1-5H3,(H,26,30). The Kier molecular flexibility index (Phi) is 8.84. The Bertz CT molecular complexity index is 1230. The van der Waals surface area contributed by atoms with Gasteiger partial charge in [0, 0.05) is 17.5 Å². The van der Waals surface area contributed by atoms with Crippen molar-refractivity contribution >= 4 is 40.0 Å². The van der Waals surface area contributed by atoms with Crippen molar-refractivity contribution in [2.24, 2.45) is 0 Å². The first-order chi connectivity index (χ1) is 16.7. The highest BCUT2D eigenvalue weighted by Gasteiger charge is 2.24. The van der Waals surface area contributed by atoms with E-state index in [2.05, 4.69) is 15.5 Å². The zero-order chi connectivity index (χ0) is 25.7. The number of thiophene rings is 1. The quantitative estimate of drug-likeness (QED) is 0.289. The van der Waals surface area contributed by atoms with E-state index in [1.54, 1.807) is 11.5 Å². The van der Waals surface area contributed by atoms with E-state index in [1.165, 1.54) is 36.3 Å². The number of esters is 1. The summed E-state index contributed by atoms with van der Waals surface area (Å²) in [4.78, 5) is 25.9. The van der Waals surface area contributed by atoms with Crippen LogP contribution in [0.4, 0.5) is 13.8 Å². The molecule has 3 rings (SSSR count). The number of thioether (sulfide) groups is 1. The minimum atomic E-state index is -0.813. The third-order valence-corrected chi connectivity index (χ3v) is 7.19. The van der Waals surface area contributed by atoms with Gasteiger partial charge in [0.2, 0.25) is 5.91 Å². The minimum absolute atomic E-state index is 0.0268. The largest absolute Gasteiger partial charge is 0.480 e. The summed E-state index contributed by atoms with van der Waals surface area (Å²) in [6, 6.07) is 3.07. The van der Waals surface area contributed by atoms with Gasteiger partial charge >= 0.3 is 5.97 Å². The van der Waals surface area contributed by atoms with Gasteiger partial charge in [-0.15, -0.1) is 21.5 Å². The summed E-state index contributed by atoms with van der Waals surface area (Å²) in [5, 5.41) is 12.0. The van der Waals surface area contributed by atoms with Gasteiger partial charge in [-0.2, -0.15) is 0 Å². The summed E-state index contributed by atoms with van der Waals surface area (Å²) < 4.78 is 39.4. The highest BCUT2D eigenvalue weighted by atomic mass is 32.2. The minimum Gasteiger partial charge on any atom is -0.480 e. The Labute approximate surface area is 210 Å². The second kappa shape index (κ2) is 11.6. The number of methoxy groups -OCH3 is 1. The molecule has 3 aromatic rings. The van der Waals surface area contributed by atoms with Gasteiger partial charge in [0.1, 0.15) is 10.8 Å². The summed E-state index contributed by atoms with van der Waals surface area (Å²) in [6.07, 6.45) is -0.0308. The van der Waals surface area contributed by atoms with Crippen LogP contribution in [0.15, 0.2) is 23.4 Å². The van der Waals surface area contributed by atoms with Gasteiger partial charge < -0.3 is 19.4 Å². The van der Waals surface area contributed by atoms with Crippen LogP contribution in [-0.4, -0.2) is 39.5 Å². The van der Waals surface area contributed by atoms with E-state index in [4.69, 9.17) is 9.47 Å². The Morgan fingerprint density at radius 1 is 1.26 bits per heavy atom. The molecule has 2 aromatic heterocycles. The molecule has 0 saturated carbocycles. The fourth-order valence-corrected chi connectivity index (χ4v) is 5.48. The predicted octanol–water partition coefficient (Wildman–Crippen LogP) is 5.17. The maximum Gasteiger partial charge on any atom is 0.341 e. The van der Waals surface area contributed by atoms with Gasteiger partial charge in [-0.25, -0.2) is 13.6 Å². The predicted molar refractivity (Wildman–Crippen MR) is 130 cm³/mol. The van der Waals surface area contributed by atoms with Crippen molar-refractivity contribution in [3.8, 4) is 5.75 Å². The molecule has 0 fully saturated rings. The molecule has 188 valence electrons. The van der Waals surface area contributed by atoms with Crippen molar-refractivity contribution in [2.75, 3.05) is 18.2 Å². The van der Waals surface area contributed by atoms with Crippen LogP contribution in [0.5, 0.6) is 5.75 Å². The second-order valence-electron chi connectivity index (χ2n) is 7.44. The zero-order valence-corrected chi connectivity index (χ0v) is 21.6. The molecule has 0 bridgehead atoms. The van der Waals surface area contributed by atoms with Gasteiger partial charge in [0.25, 0.3) is 0 Å². The van der Waals surface area contributed by atoms with Crippen molar-refractivity contribution in [1.82, 2.24) is 14.8 Å². The summed E-state index contributed by atoms with van der Waals surface area (Å²) in [6.45, 7) is 7.88. The molecule has 0 aliphatic carbocycles. The van der Waals surface area contributed by atoms with Crippen LogP contribution in [0, 0.1) is 18.6 Å². The fourth-order valence-electron chi connectivity index (χ4n) is 3.52. The molecule has 12 heteroatoms. The number of benzene rings is 1. The molecular weight excluding hydrogens is 498 g/mol. The Balaban J connectivity index is 1.70. The number of aromatic nitrogens is 3. The molecule has 0 saturated heterocycles. The zero-order valence-electron chi connectivity index (χ0n) is 20.0. The lowest BCUT2D eigenvalue weighted by molar-refractivity contribution is -0.113. The topological polar surface area (TPSA) is 95.3 Å². The molecule has 1 N–H and O–H groups in total. The third kappa shape index (κ3) is 5.99. The third-order valence-electron chi connectivity index (χ3n) is 5.16. The number of amides is 1. The van der Waals surface area contributed by atoms with Crippen molar-refractivity contribution in [1.29, 1.82) is 0 Å². The number of nitrogens with zero attached hydrogens (tertiary/aromatic N) is 3. The molecule has 1 aromatic carbocycles. The van der Waals surface area contributed by atoms with Gasteiger partial charge in [-0.3, -0.25) is 4.79 Å². The van der Waals surface area contributed by atoms with Crippen LogP contribution in [0.2, 0.25) is 0 Å². The fraction of sp³-hybridized carbons (Fsp3) is 0.391. The summed E-state index contributed by atoms with van der Waals surface area (Å²) >= 11 is 2.50. The SMILES string of the molecule is CCc1c(C)sc(NC(=O)CSc2nnc(C(C)Oc3ccc(F)cc3F)n2CC)c1C(=O)OC. The Morgan fingerprint density at radius 2 is 2.00 bits per heavy atom. The number of aryl methyl sites for hydroxylation is 1. The monoisotopic (exact) mass is 524 g/mol. The Morgan fingerprint density at radius 3 is 2.63 bits per heavy atom. The van der Waals surface area contributed by atoms with E-state index in [9.17, 15) is 18.4 Å². The maximum absolute atomic E-state index is 14.0. The first-order valence-corrected chi connectivity index (χ1v) is 12.7. The number of rotatable bonds is 10. The highest BCUT2D eigenvalue weighted by molar-refractivity contribution is 7.99. The van der Waals surface area contributed by atoms with E-state index in [0.29, 0.717) is 34.5 Å². The molecule has 1 atom stereocenters. The first-order valence-electron chi connectivity index (χ1n) is 10.9. The molecule has 0 aliphatic rings. The number of carbonyl (C=O) groups excluding carboxylic acids is 2. The molecule has 0 spiro atoms. The molecule has 1 amide bonds. The number of hydrogen-bond donors (Lipinski definition) is 1. The number of anilines is 1. The van der Waals surface area contributed by atoms with Crippen LogP contribution in [0.1, 0.15) is 53.5 Å². The lowest BCUT2D eigenvalue weighted by Crippen LogP contribution is -2.17. The van der Waals surface area contributed by atoms with Crippen molar-refractivity contribution in [2.45, 2.75) is 51.9 Å². The Hall–Kier alpha value is -2.99. The molecule has 2 heterocycles. The van der Waals surface area contributed by atoms with E-state index in [1.807, 2.05) is 20.8 Å². The summed E-state index contributed by atoms with van der Waals surface area (Å²) in [5.41, 5.74) is 1.24. The van der Waals surface area contributed by atoms with E-state index < -0.39 is 23.7 Å². The average Bonchev–Trinajstić information content (AvgIpc) is 3.38. The van der Waals surface area contributed by atoms with Crippen LogP contribution in [-0.2, 0) is 22.5 Å². The van der Waals surface area contributed by atoms with Gasteiger partial charge in [-0.1, -0.05) is 18.7 Å². The number of halogens is 2. The van der Waals surface area contributed by atoms with E-state index in [-0.39, 0.29) is 17.4 Å². The molecule has 0 aliphatic heterocycles. The van der Waals surface area contributed by atoms with Crippen molar-refractivity contribution in [3.05, 3.63) is 51.7 Å². The first kappa shape index (κ1) is 26.6. The lowest BCUT2D eigenvalue weighted by Gasteiger charge is -2.16. The van der Waals surface area contributed by atoms with Crippen molar-refractivity contribution < 1.29 is 27.8 Å². The van der Waals surface area contributed by atoms with Gasteiger partial charge in [0.05, 0.1) is 18.4 Å². The molecule has 0 radical (unpaired) electrons. The molecule has 1 unspecified atom stereocenters. The van der Waals surface area contributed by atoms with Crippen LogP contribution < -0.4 is 10.1 Å². The van der Waals surface area contributed by atoms with Crippen LogP contribution in [0.3, 0.4) is 0 Å². The molecule has 35 heavy (non-hydrogen) atoms. The van der Waals surface area contributed by atoms with Gasteiger partial charge in [0.15, 0.2) is 28.7 Å². The smallest absolute Gasteiger partial charge is 0.341 e. The lowest BCUT2D eigenvalue weighted by atomic mass is 10.1. The van der Waals surface area contributed by atoms with E-state index >= 15 is 0 Å². The second-order valence-corrected chi connectivity index (χ2v) is 9.61. The molecule has 8 nitrogen and oxygen atoms in total. The number of nitrogens with one attached hydrogen (secondary N) is 1. The summed E-state index contributed by atoms with van der Waals surface area (Å²) in [7, 11) is 1.31. The normalized spacial score (nSPS) is 11.9. The number of ether oxygens (including phenoxy) is 2. The van der Waals surface area contributed by atoms with Crippen molar-refractivity contribution in [3.63, 3.8) is 0 Å². The average molecular weight is 525 g/mol. The van der Waals surface area contributed by atoms with Crippen LogP contribution >= 0.6 is 23.1 Å².